The van der Waals surface area contributed by atoms with Gasteiger partial charge in [0, 0.05) is 23.2 Å². The zero-order valence-electron chi connectivity index (χ0n) is 8.59. The van der Waals surface area contributed by atoms with Gasteiger partial charge in [-0.15, -0.1) is 0 Å². The highest BCUT2D eigenvalue weighted by Gasteiger charge is 2.03. The molecule has 0 radical (unpaired) electrons. The first-order chi connectivity index (χ1) is 6.85. The zero-order chi connectivity index (χ0) is 9.97. The monoisotopic (exact) mass is 225 g/mol. The van der Waals surface area contributed by atoms with Gasteiger partial charge in [0.2, 0.25) is 0 Å². The molecular weight excluding hydrogens is 212 g/mol. The highest BCUT2D eigenvalue weighted by molar-refractivity contribution is 5.84. The number of nitrogens with one attached hydrogen (secondary N) is 1. The molecule has 1 aromatic carbocycles. The molecule has 2 aromatic rings. The second-order valence-electron chi connectivity index (χ2n) is 3.26. The fourth-order valence-corrected chi connectivity index (χ4v) is 1.65. The van der Waals surface area contributed by atoms with E-state index in [0.717, 1.165) is 17.7 Å². The Balaban J connectivity index is 0.00000112. The Morgan fingerprint density at radius 1 is 1.40 bits per heavy atom. The van der Waals surface area contributed by atoms with Crippen molar-refractivity contribution < 1.29 is 17.1 Å². The van der Waals surface area contributed by atoms with E-state index in [1.54, 1.807) is 7.11 Å². The third-order valence-electron chi connectivity index (χ3n) is 2.39. The Kier molecular flexibility index (Phi) is 4.00. The van der Waals surface area contributed by atoms with E-state index in [2.05, 4.69) is 11.1 Å². The standard InChI is InChI=1S/C11H14N2O.ClH/c1-14-9-2-3-10-8(4-5-12)7-13-11(10)6-9;/h2-3,6-7,13H,4-5,12H2,1H3;1H/p-1. The zero-order valence-corrected chi connectivity index (χ0v) is 9.34. The summed E-state index contributed by atoms with van der Waals surface area (Å²) in [5.41, 5.74) is 7.90. The predicted octanol–water partition coefficient (Wildman–Crippen LogP) is -1.32. The summed E-state index contributed by atoms with van der Waals surface area (Å²) in [7, 11) is 1.67. The summed E-state index contributed by atoms with van der Waals surface area (Å²) in [6.45, 7) is 0.680. The Bertz CT molecular complexity index is 439. The number of nitrogens with two attached hydrogens (primary N) is 1. The molecule has 0 aliphatic heterocycles. The molecule has 0 aliphatic carbocycles. The van der Waals surface area contributed by atoms with Gasteiger partial charge in [-0.1, -0.05) is 0 Å². The van der Waals surface area contributed by atoms with E-state index in [1.807, 2.05) is 18.3 Å². The summed E-state index contributed by atoms with van der Waals surface area (Å²) in [6, 6.07) is 6.03. The topological polar surface area (TPSA) is 51.0 Å². The maximum Gasteiger partial charge on any atom is 0.120 e. The molecule has 1 aromatic heterocycles. The van der Waals surface area contributed by atoms with Crippen LogP contribution in [0.5, 0.6) is 5.75 Å². The molecule has 3 nitrogen and oxygen atoms in total. The number of rotatable bonds is 3. The average Bonchev–Trinajstić information content (AvgIpc) is 2.61. The third-order valence-corrected chi connectivity index (χ3v) is 2.39. The van der Waals surface area contributed by atoms with Gasteiger partial charge in [-0.3, -0.25) is 0 Å². The Morgan fingerprint density at radius 2 is 2.20 bits per heavy atom. The first kappa shape index (κ1) is 11.9. The number of hydrogen-bond donors (Lipinski definition) is 2. The second-order valence-corrected chi connectivity index (χ2v) is 3.26. The number of aromatic amines is 1. The van der Waals surface area contributed by atoms with Crippen LogP contribution in [-0.4, -0.2) is 18.6 Å². The van der Waals surface area contributed by atoms with Gasteiger partial charge in [-0.25, -0.2) is 0 Å². The Morgan fingerprint density at radius 3 is 2.87 bits per heavy atom. The highest BCUT2D eigenvalue weighted by Crippen LogP contribution is 2.23. The van der Waals surface area contributed by atoms with Crippen LogP contribution in [0.1, 0.15) is 5.56 Å². The lowest BCUT2D eigenvalue weighted by molar-refractivity contribution is -0.00000330. The largest absolute Gasteiger partial charge is 1.00 e. The van der Waals surface area contributed by atoms with Gasteiger partial charge in [0.25, 0.3) is 0 Å². The van der Waals surface area contributed by atoms with E-state index in [4.69, 9.17) is 10.5 Å². The number of H-pyrrole nitrogens is 1. The predicted molar refractivity (Wildman–Crippen MR) is 57.6 cm³/mol. The van der Waals surface area contributed by atoms with E-state index >= 15 is 0 Å². The molecular formula is C11H14ClN2O-. The summed E-state index contributed by atoms with van der Waals surface area (Å²) in [5, 5.41) is 1.23. The van der Waals surface area contributed by atoms with Crippen LogP contribution in [-0.2, 0) is 6.42 Å². The van der Waals surface area contributed by atoms with Crippen molar-refractivity contribution in [1.29, 1.82) is 0 Å². The van der Waals surface area contributed by atoms with Crippen molar-refractivity contribution in [2.24, 2.45) is 5.73 Å². The lowest BCUT2D eigenvalue weighted by atomic mass is 10.1. The number of ether oxygens (including phenoxy) is 1. The van der Waals surface area contributed by atoms with Gasteiger partial charge in [-0.2, -0.15) is 0 Å². The van der Waals surface area contributed by atoms with Gasteiger partial charge in [0.05, 0.1) is 7.11 Å². The lowest BCUT2D eigenvalue weighted by Crippen LogP contribution is -3.00. The number of benzene rings is 1. The molecule has 4 heteroatoms. The van der Waals surface area contributed by atoms with E-state index in [0.29, 0.717) is 6.54 Å². The minimum atomic E-state index is 0. The fourth-order valence-electron chi connectivity index (χ4n) is 1.65. The SMILES string of the molecule is COc1ccc2c(CCN)c[nH]c2c1.[Cl-]. The molecule has 0 aliphatic rings. The van der Waals surface area contributed by atoms with Gasteiger partial charge < -0.3 is 27.9 Å². The molecule has 0 atom stereocenters. The number of methoxy groups -OCH3 is 1. The lowest BCUT2D eigenvalue weighted by Gasteiger charge is -1.99. The first-order valence-electron chi connectivity index (χ1n) is 4.69. The fraction of sp³-hybridized carbons (Fsp3) is 0.273. The third kappa shape index (κ3) is 2.25. The molecule has 0 unspecified atom stereocenters. The highest BCUT2D eigenvalue weighted by atomic mass is 35.5. The smallest absolute Gasteiger partial charge is 0.120 e. The molecule has 2 rings (SSSR count). The summed E-state index contributed by atoms with van der Waals surface area (Å²) in [4.78, 5) is 3.21. The van der Waals surface area contributed by atoms with Gasteiger partial charge >= 0.3 is 0 Å². The minimum absolute atomic E-state index is 0. The number of aromatic nitrogens is 1. The molecule has 0 spiro atoms. The van der Waals surface area contributed by atoms with E-state index < -0.39 is 0 Å². The van der Waals surface area contributed by atoms with Crippen molar-refractivity contribution in [3.63, 3.8) is 0 Å². The number of halogens is 1. The van der Waals surface area contributed by atoms with Crippen LogP contribution < -0.4 is 22.9 Å². The van der Waals surface area contributed by atoms with E-state index in [1.165, 1.54) is 10.9 Å². The maximum absolute atomic E-state index is 5.53. The van der Waals surface area contributed by atoms with Crippen molar-refractivity contribution in [2.45, 2.75) is 6.42 Å². The molecule has 0 saturated carbocycles. The van der Waals surface area contributed by atoms with Gasteiger partial charge in [0.1, 0.15) is 5.75 Å². The van der Waals surface area contributed by atoms with Crippen LogP contribution in [0.2, 0.25) is 0 Å². The Hall–Kier alpha value is -1.19. The van der Waals surface area contributed by atoms with Gasteiger partial charge in [-0.05, 0) is 30.7 Å². The quantitative estimate of drug-likeness (QED) is 0.681. The molecule has 0 saturated heterocycles. The number of fused-ring (bicyclic) bond motifs is 1. The second kappa shape index (κ2) is 5.05. The van der Waals surface area contributed by atoms with Crippen molar-refractivity contribution in [3.8, 4) is 5.75 Å². The van der Waals surface area contributed by atoms with Crippen LogP contribution in [0.15, 0.2) is 24.4 Å². The van der Waals surface area contributed by atoms with E-state index in [-0.39, 0.29) is 12.4 Å². The van der Waals surface area contributed by atoms with Crippen molar-refractivity contribution in [3.05, 3.63) is 30.0 Å². The van der Waals surface area contributed by atoms with Gasteiger partial charge in [0.15, 0.2) is 0 Å². The molecule has 3 N–H and O–H groups in total. The molecule has 0 amide bonds. The average molecular weight is 226 g/mol. The van der Waals surface area contributed by atoms with Crippen molar-refractivity contribution in [2.75, 3.05) is 13.7 Å². The summed E-state index contributed by atoms with van der Waals surface area (Å²) in [6.07, 6.45) is 2.92. The van der Waals surface area contributed by atoms with Crippen LogP contribution in [0.3, 0.4) is 0 Å². The summed E-state index contributed by atoms with van der Waals surface area (Å²) >= 11 is 0. The van der Waals surface area contributed by atoms with Crippen molar-refractivity contribution in [1.82, 2.24) is 4.98 Å². The summed E-state index contributed by atoms with van der Waals surface area (Å²) < 4.78 is 5.15. The normalized spacial score (nSPS) is 10.0. The van der Waals surface area contributed by atoms with Crippen LogP contribution >= 0.6 is 0 Å². The van der Waals surface area contributed by atoms with Crippen LogP contribution in [0, 0.1) is 0 Å². The minimum Gasteiger partial charge on any atom is -1.00 e. The first-order valence-corrected chi connectivity index (χ1v) is 4.69. The summed E-state index contributed by atoms with van der Waals surface area (Å²) in [5.74, 6) is 0.874. The number of hydrogen-bond acceptors (Lipinski definition) is 2. The van der Waals surface area contributed by atoms with Crippen molar-refractivity contribution >= 4 is 10.9 Å². The molecule has 0 bridgehead atoms. The maximum atomic E-state index is 5.53. The molecule has 15 heavy (non-hydrogen) atoms. The van der Waals surface area contributed by atoms with Crippen LogP contribution in [0.4, 0.5) is 0 Å². The van der Waals surface area contributed by atoms with E-state index in [9.17, 15) is 0 Å². The van der Waals surface area contributed by atoms with Crippen LogP contribution in [0.25, 0.3) is 10.9 Å². The molecule has 0 fully saturated rings. The molecule has 1 heterocycles. The Labute approximate surface area is 95.0 Å². The molecule has 82 valence electrons.